The first kappa shape index (κ1) is 20.5. The smallest absolute Gasteiger partial charge is 0.255 e. The third kappa shape index (κ3) is 5.64. The third-order valence-corrected chi connectivity index (χ3v) is 5.02. The second-order valence-electron chi connectivity index (χ2n) is 6.57. The number of rotatable bonds is 7. The number of hydrogen-bond donors (Lipinski definition) is 1. The Morgan fingerprint density at radius 2 is 1.77 bits per heavy atom. The lowest BCUT2D eigenvalue weighted by Crippen LogP contribution is -2.12. The zero-order valence-corrected chi connectivity index (χ0v) is 17.4. The lowest BCUT2D eigenvalue weighted by molar-refractivity contribution is 0.102. The van der Waals surface area contributed by atoms with Crippen molar-refractivity contribution in [3.05, 3.63) is 94.3 Å². The maximum absolute atomic E-state index is 13.0. The van der Waals surface area contributed by atoms with Crippen molar-refractivity contribution in [2.24, 2.45) is 0 Å². The van der Waals surface area contributed by atoms with Gasteiger partial charge in [-0.15, -0.1) is 11.3 Å². The number of anilines is 1. The van der Waals surface area contributed by atoms with Crippen molar-refractivity contribution in [2.45, 2.75) is 13.5 Å². The van der Waals surface area contributed by atoms with E-state index >= 15 is 0 Å². The summed E-state index contributed by atoms with van der Waals surface area (Å²) in [5.41, 5.74) is 1.89. The fourth-order valence-corrected chi connectivity index (χ4v) is 3.27. The number of amides is 1. The van der Waals surface area contributed by atoms with Crippen LogP contribution in [0.3, 0.4) is 0 Å². The Morgan fingerprint density at radius 3 is 2.42 bits per heavy atom. The van der Waals surface area contributed by atoms with Gasteiger partial charge in [0.25, 0.3) is 5.91 Å². The maximum atomic E-state index is 13.0. The van der Waals surface area contributed by atoms with Crippen LogP contribution in [0.25, 0.3) is 0 Å². The van der Waals surface area contributed by atoms with Crippen LogP contribution < -0.4 is 14.8 Å². The monoisotopic (exact) mass is 435 g/mol. The average Bonchev–Trinajstić information content (AvgIpc) is 3.21. The summed E-state index contributed by atoms with van der Waals surface area (Å²) in [6, 6.07) is 15.8. The molecule has 0 saturated carbocycles. The second kappa shape index (κ2) is 9.36. The summed E-state index contributed by atoms with van der Waals surface area (Å²) in [6.45, 7) is 2.33. The lowest BCUT2D eigenvalue weighted by atomic mass is 10.2. The lowest BCUT2D eigenvalue weighted by Gasteiger charge is -2.08. The summed E-state index contributed by atoms with van der Waals surface area (Å²) in [5, 5.41) is 5.74. The van der Waals surface area contributed by atoms with Gasteiger partial charge in [0, 0.05) is 17.0 Å². The van der Waals surface area contributed by atoms with Crippen molar-refractivity contribution >= 4 is 22.9 Å². The van der Waals surface area contributed by atoms with Crippen LogP contribution in [0.2, 0.25) is 0 Å². The molecule has 0 atom stereocenters. The number of carbonyl (C=O) groups excluding carboxylic acids is 1. The zero-order valence-electron chi connectivity index (χ0n) is 16.5. The van der Waals surface area contributed by atoms with Gasteiger partial charge in [0.2, 0.25) is 5.88 Å². The van der Waals surface area contributed by atoms with Gasteiger partial charge in [-0.25, -0.2) is 14.4 Å². The van der Waals surface area contributed by atoms with Crippen molar-refractivity contribution < 1.29 is 18.7 Å². The number of pyridine rings is 1. The molecular formula is C23H18FN3O3S. The zero-order chi connectivity index (χ0) is 21.6. The van der Waals surface area contributed by atoms with Gasteiger partial charge in [0.1, 0.15) is 23.9 Å². The highest BCUT2D eigenvalue weighted by atomic mass is 32.1. The Kier molecular flexibility index (Phi) is 6.18. The van der Waals surface area contributed by atoms with E-state index in [9.17, 15) is 9.18 Å². The molecule has 8 heteroatoms. The molecule has 4 rings (SSSR count). The number of halogens is 1. The first-order valence-electron chi connectivity index (χ1n) is 9.40. The number of hydrogen-bond acceptors (Lipinski definition) is 6. The second-order valence-corrected chi connectivity index (χ2v) is 7.63. The summed E-state index contributed by atoms with van der Waals surface area (Å²) in [5.74, 6) is 0.855. The molecule has 2 heterocycles. The Labute approximate surface area is 182 Å². The van der Waals surface area contributed by atoms with Crippen LogP contribution >= 0.6 is 11.3 Å². The first-order chi connectivity index (χ1) is 15.0. The number of benzene rings is 2. The molecule has 0 radical (unpaired) electrons. The Bertz CT molecular complexity index is 1160. The molecule has 1 N–H and O–H groups in total. The summed E-state index contributed by atoms with van der Waals surface area (Å²) in [7, 11) is 0. The van der Waals surface area contributed by atoms with E-state index in [2.05, 4.69) is 15.3 Å². The van der Waals surface area contributed by atoms with E-state index in [1.165, 1.54) is 30.5 Å². The molecule has 0 fully saturated rings. The Morgan fingerprint density at radius 1 is 1.03 bits per heavy atom. The number of aryl methyl sites for hydroxylation is 1. The molecule has 0 unspecified atom stereocenters. The number of aromatic nitrogens is 2. The molecule has 31 heavy (non-hydrogen) atoms. The molecule has 156 valence electrons. The van der Waals surface area contributed by atoms with E-state index in [1.54, 1.807) is 47.7 Å². The molecule has 0 aliphatic heterocycles. The van der Waals surface area contributed by atoms with Crippen LogP contribution in [0.4, 0.5) is 10.1 Å². The standard InChI is InChI=1S/C23H18FN3O3S/c1-15-26-19(14-31-15)13-29-20-7-2-16(3-8-20)23(28)27-18-6-11-22(25-12-18)30-21-9-4-17(24)5-10-21/h2-12,14H,13H2,1H3,(H,27,28). The predicted molar refractivity (Wildman–Crippen MR) is 116 cm³/mol. The van der Waals surface area contributed by atoms with Crippen molar-refractivity contribution in [3.8, 4) is 17.4 Å². The molecule has 2 aromatic carbocycles. The number of carbonyl (C=O) groups is 1. The van der Waals surface area contributed by atoms with E-state index in [0.717, 1.165) is 10.7 Å². The van der Waals surface area contributed by atoms with E-state index in [-0.39, 0.29) is 11.7 Å². The molecule has 0 saturated heterocycles. The maximum Gasteiger partial charge on any atom is 0.255 e. The molecule has 6 nitrogen and oxygen atoms in total. The van der Waals surface area contributed by atoms with Crippen LogP contribution in [-0.2, 0) is 6.61 Å². The van der Waals surface area contributed by atoms with Crippen molar-refractivity contribution in [2.75, 3.05) is 5.32 Å². The van der Waals surface area contributed by atoms with Crippen LogP contribution in [0.5, 0.6) is 17.4 Å². The van der Waals surface area contributed by atoms with Gasteiger partial charge in [0.05, 0.1) is 22.6 Å². The van der Waals surface area contributed by atoms with E-state index < -0.39 is 0 Å². The van der Waals surface area contributed by atoms with Crippen molar-refractivity contribution in [3.63, 3.8) is 0 Å². The fourth-order valence-electron chi connectivity index (χ4n) is 2.68. The molecule has 0 bridgehead atoms. The van der Waals surface area contributed by atoms with E-state index in [1.807, 2.05) is 12.3 Å². The highest BCUT2D eigenvalue weighted by Gasteiger charge is 2.08. The van der Waals surface area contributed by atoms with Gasteiger partial charge in [0.15, 0.2) is 0 Å². The van der Waals surface area contributed by atoms with Gasteiger partial charge < -0.3 is 14.8 Å². The van der Waals surface area contributed by atoms with Crippen LogP contribution in [0, 0.1) is 12.7 Å². The highest BCUT2D eigenvalue weighted by molar-refractivity contribution is 7.09. The minimum Gasteiger partial charge on any atom is -0.487 e. The summed E-state index contributed by atoms with van der Waals surface area (Å²) in [4.78, 5) is 21.0. The largest absolute Gasteiger partial charge is 0.487 e. The number of nitrogens with one attached hydrogen (secondary N) is 1. The molecule has 0 spiro atoms. The summed E-state index contributed by atoms with van der Waals surface area (Å²) >= 11 is 1.58. The number of ether oxygens (including phenoxy) is 2. The summed E-state index contributed by atoms with van der Waals surface area (Å²) in [6.07, 6.45) is 1.49. The van der Waals surface area contributed by atoms with Gasteiger partial charge in [-0.05, 0) is 61.5 Å². The van der Waals surface area contributed by atoms with Gasteiger partial charge in [-0.3, -0.25) is 4.79 Å². The topological polar surface area (TPSA) is 73.3 Å². The minimum absolute atomic E-state index is 0.268. The third-order valence-electron chi connectivity index (χ3n) is 4.20. The SMILES string of the molecule is Cc1nc(COc2ccc(C(=O)Nc3ccc(Oc4ccc(F)cc4)nc3)cc2)cs1. The molecule has 0 aliphatic rings. The van der Waals surface area contributed by atoms with Crippen molar-refractivity contribution in [1.29, 1.82) is 0 Å². The van der Waals surface area contributed by atoms with Crippen molar-refractivity contribution in [1.82, 2.24) is 9.97 Å². The molecule has 2 aromatic heterocycles. The molecular weight excluding hydrogens is 417 g/mol. The van der Waals surface area contributed by atoms with Gasteiger partial charge in [-0.2, -0.15) is 0 Å². The molecule has 1 amide bonds. The van der Waals surface area contributed by atoms with Gasteiger partial charge in [-0.1, -0.05) is 0 Å². The quantitative estimate of drug-likeness (QED) is 0.408. The first-order valence-corrected chi connectivity index (χ1v) is 10.3. The van der Waals surface area contributed by atoms with E-state index in [0.29, 0.717) is 35.2 Å². The normalized spacial score (nSPS) is 10.5. The fraction of sp³-hybridized carbons (Fsp3) is 0.0870. The van der Waals surface area contributed by atoms with Crippen LogP contribution in [-0.4, -0.2) is 15.9 Å². The number of nitrogens with zero attached hydrogens (tertiary/aromatic N) is 2. The molecule has 0 aliphatic carbocycles. The van der Waals surface area contributed by atoms with Gasteiger partial charge >= 0.3 is 0 Å². The van der Waals surface area contributed by atoms with E-state index in [4.69, 9.17) is 9.47 Å². The van der Waals surface area contributed by atoms with Crippen LogP contribution in [0.1, 0.15) is 21.1 Å². The predicted octanol–water partition coefficient (Wildman–Crippen LogP) is 5.61. The minimum atomic E-state index is -0.340. The highest BCUT2D eigenvalue weighted by Crippen LogP contribution is 2.21. The Balaban J connectivity index is 1.31. The summed E-state index contributed by atoms with van der Waals surface area (Å²) < 4.78 is 24.2. The average molecular weight is 435 g/mol. The van der Waals surface area contributed by atoms with Crippen LogP contribution in [0.15, 0.2) is 72.2 Å². The Hall–Kier alpha value is -3.78. The molecule has 4 aromatic rings. The number of thiazole rings is 1.